The Morgan fingerprint density at radius 3 is 2.74 bits per heavy atom. The maximum atomic E-state index is 11.9. The summed E-state index contributed by atoms with van der Waals surface area (Å²) >= 11 is 0. The minimum atomic E-state index is -3.17. The number of hydrogen-bond donors (Lipinski definition) is 3. The predicted octanol–water partition coefficient (Wildman–Crippen LogP) is -0.570. The van der Waals surface area contributed by atoms with Crippen LogP contribution in [0.5, 0.6) is 0 Å². The SMILES string of the molecule is CS(=O)(=O)NC1CCCC1CNC(=O)C1CCNC1. The van der Waals surface area contributed by atoms with Gasteiger partial charge in [-0.3, -0.25) is 4.79 Å². The van der Waals surface area contributed by atoms with E-state index in [4.69, 9.17) is 0 Å². The van der Waals surface area contributed by atoms with Crippen LogP contribution in [-0.4, -0.2) is 46.3 Å². The van der Waals surface area contributed by atoms with Crippen molar-refractivity contribution in [2.24, 2.45) is 11.8 Å². The van der Waals surface area contributed by atoms with Gasteiger partial charge in [-0.05, 0) is 31.7 Å². The van der Waals surface area contributed by atoms with Crippen LogP contribution in [0.25, 0.3) is 0 Å². The molecule has 7 heteroatoms. The van der Waals surface area contributed by atoms with Gasteiger partial charge < -0.3 is 10.6 Å². The number of hydrogen-bond acceptors (Lipinski definition) is 4. The molecule has 2 aliphatic rings. The van der Waals surface area contributed by atoms with E-state index in [1.54, 1.807) is 0 Å². The summed E-state index contributed by atoms with van der Waals surface area (Å²) in [5.74, 6) is 0.380. The zero-order valence-corrected chi connectivity index (χ0v) is 12.1. The van der Waals surface area contributed by atoms with Crippen molar-refractivity contribution in [3.63, 3.8) is 0 Å². The second-order valence-corrected chi connectivity index (χ2v) is 7.40. The van der Waals surface area contributed by atoms with Gasteiger partial charge in [-0.25, -0.2) is 13.1 Å². The summed E-state index contributed by atoms with van der Waals surface area (Å²) in [6, 6.07) is -0.0306. The smallest absolute Gasteiger partial charge is 0.224 e. The summed E-state index contributed by atoms with van der Waals surface area (Å²) in [6.07, 6.45) is 4.92. The maximum absolute atomic E-state index is 11.9. The first-order chi connectivity index (χ1) is 8.96. The Bertz CT molecular complexity index is 418. The molecule has 0 aromatic carbocycles. The van der Waals surface area contributed by atoms with Gasteiger partial charge in [0.25, 0.3) is 0 Å². The molecular weight excluding hydrogens is 266 g/mol. The first kappa shape index (κ1) is 14.7. The van der Waals surface area contributed by atoms with Gasteiger partial charge >= 0.3 is 0 Å². The van der Waals surface area contributed by atoms with Crippen molar-refractivity contribution in [1.82, 2.24) is 15.4 Å². The number of rotatable bonds is 5. The van der Waals surface area contributed by atoms with Crippen molar-refractivity contribution in [3.8, 4) is 0 Å². The summed E-state index contributed by atoms with van der Waals surface area (Å²) in [7, 11) is -3.17. The monoisotopic (exact) mass is 289 g/mol. The van der Waals surface area contributed by atoms with Crippen LogP contribution in [0.15, 0.2) is 0 Å². The van der Waals surface area contributed by atoms with Crippen molar-refractivity contribution < 1.29 is 13.2 Å². The topological polar surface area (TPSA) is 87.3 Å². The quantitative estimate of drug-likeness (QED) is 0.632. The summed E-state index contributed by atoms with van der Waals surface area (Å²) in [6.45, 7) is 2.23. The molecule has 110 valence electrons. The van der Waals surface area contributed by atoms with Crippen molar-refractivity contribution in [2.45, 2.75) is 31.7 Å². The molecule has 3 atom stereocenters. The number of amides is 1. The molecule has 1 saturated heterocycles. The highest BCUT2D eigenvalue weighted by molar-refractivity contribution is 7.88. The van der Waals surface area contributed by atoms with E-state index in [1.807, 2.05) is 0 Å². The van der Waals surface area contributed by atoms with E-state index in [2.05, 4.69) is 15.4 Å². The Hall–Kier alpha value is -0.660. The summed E-state index contributed by atoms with van der Waals surface area (Å²) in [4.78, 5) is 11.9. The fourth-order valence-corrected chi connectivity index (χ4v) is 3.83. The molecule has 1 saturated carbocycles. The van der Waals surface area contributed by atoms with Crippen LogP contribution in [-0.2, 0) is 14.8 Å². The van der Waals surface area contributed by atoms with Crippen molar-refractivity contribution in [2.75, 3.05) is 25.9 Å². The van der Waals surface area contributed by atoms with Crippen molar-refractivity contribution >= 4 is 15.9 Å². The molecule has 1 heterocycles. The average Bonchev–Trinajstić information content (AvgIpc) is 2.94. The van der Waals surface area contributed by atoms with Gasteiger partial charge in [0.2, 0.25) is 15.9 Å². The summed E-state index contributed by atoms with van der Waals surface area (Å²) in [5, 5.41) is 6.14. The maximum Gasteiger partial charge on any atom is 0.224 e. The van der Waals surface area contributed by atoms with Gasteiger partial charge in [0, 0.05) is 19.1 Å². The van der Waals surface area contributed by atoms with E-state index in [-0.39, 0.29) is 23.8 Å². The lowest BCUT2D eigenvalue weighted by atomic mass is 10.0. The van der Waals surface area contributed by atoms with E-state index < -0.39 is 10.0 Å². The number of nitrogens with one attached hydrogen (secondary N) is 3. The molecule has 0 spiro atoms. The molecule has 2 fully saturated rings. The molecule has 3 unspecified atom stereocenters. The number of sulfonamides is 1. The van der Waals surface area contributed by atoms with Crippen LogP contribution >= 0.6 is 0 Å². The first-order valence-corrected chi connectivity index (χ1v) is 8.80. The molecule has 3 N–H and O–H groups in total. The molecule has 2 rings (SSSR count). The van der Waals surface area contributed by atoms with E-state index in [9.17, 15) is 13.2 Å². The van der Waals surface area contributed by atoms with Gasteiger partial charge in [-0.1, -0.05) is 6.42 Å². The fourth-order valence-electron chi connectivity index (χ4n) is 2.97. The number of carbonyl (C=O) groups excluding carboxylic acids is 1. The molecule has 1 aliphatic heterocycles. The third kappa shape index (κ3) is 4.43. The summed E-state index contributed by atoms with van der Waals surface area (Å²) < 4.78 is 25.2. The molecule has 0 aromatic rings. The van der Waals surface area contributed by atoms with Crippen LogP contribution in [0.4, 0.5) is 0 Å². The van der Waals surface area contributed by atoms with E-state index in [1.165, 1.54) is 6.26 Å². The van der Waals surface area contributed by atoms with Gasteiger partial charge in [-0.2, -0.15) is 0 Å². The van der Waals surface area contributed by atoms with Gasteiger partial charge in [0.1, 0.15) is 0 Å². The van der Waals surface area contributed by atoms with Crippen molar-refractivity contribution in [3.05, 3.63) is 0 Å². The molecule has 0 bridgehead atoms. The van der Waals surface area contributed by atoms with Crippen molar-refractivity contribution in [1.29, 1.82) is 0 Å². The Balaban J connectivity index is 1.79. The zero-order chi connectivity index (χ0) is 13.9. The Kier molecular flexibility index (Phi) is 4.81. The lowest BCUT2D eigenvalue weighted by molar-refractivity contribution is -0.124. The third-order valence-corrected chi connectivity index (χ3v) is 4.73. The molecule has 1 amide bonds. The van der Waals surface area contributed by atoms with Crippen LogP contribution in [0, 0.1) is 11.8 Å². The molecule has 19 heavy (non-hydrogen) atoms. The Morgan fingerprint density at radius 2 is 2.11 bits per heavy atom. The van der Waals surface area contributed by atoms with E-state index in [0.717, 1.165) is 38.8 Å². The minimum Gasteiger partial charge on any atom is -0.355 e. The van der Waals surface area contributed by atoms with E-state index >= 15 is 0 Å². The second kappa shape index (κ2) is 6.19. The lowest BCUT2D eigenvalue weighted by Gasteiger charge is -2.21. The molecule has 0 radical (unpaired) electrons. The highest BCUT2D eigenvalue weighted by atomic mass is 32.2. The highest BCUT2D eigenvalue weighted by Crippen LogP contribution is 2.25. The van der Waals surface area contributed by atoms with Crippen LogP contribution in [0.2, 0.25) is 0 Å². The standard InChI is InChI=1S/C12H23N3O3S/c1-19(17,18)15-11-4-2-3-9(11)8-14-12(16)10-5-6-13-7-10/h9-11,13,15H,2-8H2,1H3,(H,14,16). The number of carbonyl (C=O) groups is 1. The van der Waals surface area contributed by atoms with Crippen LogP contribution < -0.4 is 15.4 Å². The third-order valence-electron chi connectivity index (χ3n) is 3.99. The molecule has 0 aromatic heterocycles. The second-order valence-electron chi connectivity index (χ2n) is 5.62. The summed E-state index contributed by atoms with van der Waals surface area (Å²) in [5.41, 5.74) is 0. The van der Waals surface area contributed by atoms with Gasteiger partial charge in [-0.15, -0.1) is 0 Å². The largest absolute Gasteiger partial charge is 0.355 e. The Labute approximate surface area is 114 Å². The fraction of sp³-hybridized carbons (Fsp3) is 0.917. The normalized spacial score (nSPS) is 31.5. The first-order valence-electron chi connectivity index (χ1n) is 6.91. The van der Waals surface area contributed by atoms with Gasteiger partial charge in [0.05, 0.1) is 12.2 Å². The van der Waals surface area contributed by atoms with Crippen LogP contribution in [0.1, 0.15) is 25.7 Å². The average molecular weight is 289 g/mol. The van der Waals surface area contributed by atoms with Crippen LogP contribution in [0.3, 0.4) is 0 Å². The minimum absolute atomic E-state index is 0.0306. The molecule has 1 aliphatic carbocycles. The Morgan fingerprint density at radius 1 is 1.32 bits per heavy atom. The van der Waals surface area contributed by atoms with Gasteiger partial charge in [0.15, 0.2) is 0 Å². The lowest BCUT2D eigenvalue weighted by Crippen LogP contribution is -2.43. The zero-order valence-electron chi connectivity index (χ0n) is 11.3. The van der Waals surface area contributed by atoms with E-state index in [0.29, 0.717) is 6.54 Å². The highest BCUT2D eigenvalue weighted by Gasteiger charge is 2.30. The molecular formula is C12H23N3O3S. The molecule has 6 nitrogen and oxygen atoms in total. The predicted molar refractivity (Wildman–Crippen MR) is 73.1 cm³/mol.